The summed E-state index contributed by atoms with van der Waals surface area (Å²) in [6, 6.07) is 0.120. The molecule has 0 spiro atoms. The first-order valence-corrected chi connectivity index (χ1v) is 10.4. The lowest BCUT2D eigenvalue weighted by Gasteiger charge is -2.20. The fourth-order valence-electron chi connectivity index (χ4n) is 3.77. The molecule has 0 bridgehead atoms. The molecule has 2 aliphatic rings. The summed E-state index contributed by atoms with van der Waals surface area (Å²) in [5.41, 5.74) is 0.857. The van der Waals surface area contributed by atoms with Crippen molar-refractivity contribution in [1.29, 1.82) is 0 Å². The Morgan fingerprint density at radius 3 is 2.62 bits per heavy atom. The molecule has 0 aromatic carbocycles. The molecule has 2 amide bonds. The zero-order valence-corrected chi connectivity index (χ0v) is 17.5. The number of rotatable bonds is 5. The van der Waals surface area contributed by atoms with Gasteiger partial charge in [-0.25, -0.2) is 15.0 Å². The highest BCUT2D eigenvalue weighted by Gasteiger charge is 2.36. The number of nitrogens with one attached hydrogen (secondary N) is 2. The Balaban J connectivity index is 1.57. The number of amides is 2. The first-order valence-electron chi connectivity index (χ1n) is 10.4. The van der Waals surface area contributed by atoms with Gasteiger partial charge in [-0.3, -0.25) is 9.59 Å². The number of imidazole rings is 1. The van der Waals surface area contributed by atoms with Crippen molar-refractivity contribution in [3.63, 3.8) is 0 Å². The van der Waals surface area contributed by atoms with Crippen molar-refractivity contribution in [3.8, 4) is 0 Å². The minimum atomic E-state index is -0.359. The van der Waals surface area contributed by atoms with Crippen molar-refractivity contribution < 1.29 is 9.59 Å². The predicted molar refractivity (Wildman–Crippen MR) is 110 cm³/mol. The topological polar surface area (TPSA) is 105 Å². The van der Waals surface area contributed by atoms with Crippen molar-refractivity contribution in [1.82, 2.24) is 29.7 Å². The number of anilines is 1. The van der Waals surface area contributed by atoms with Crippen LogP contribution in [-0.2, 0) is 11.3 Å². The number of aryl methyl sites for hydroxylation is 1. The Labute approximate surface area is 170 Å². The summed E-state index contributed by atoms with van der Waals surface area (Å²) >= 11 is 0. The smallest absolute Gasteiger partial charge is 0.287 e. The van der Waals surface area contributed by atoms with E-state index in [1.54, 1.807) is 4.57 Å². The van der Waals surface area contributed by atoms with Gasteiger partial charge in [0.2, 0.25) is 11.7 Å². The standard InChI is InChI=1S/C20H29N7O2/c1-5-27-16-14(24-17(27)18(28)25-20(2,3)4)15(21-11-22-16)23-13-8-9-26(10-13)19(29)12-6-7-12/h11-13H,5-10H2,1-4H3,(H,25,28)(H,21,22,23)/t13-/m0/s1. The van der Waals surface area contributed by atoms with E-state index >= 15 is 0 Å². The lowest BCUT2D eigenvalue weighted by molar-refractivity contribution is -0.131. The van der Waals surface area contributed by atoms with E-state index in [1.165, 1.54) is 6.33 Å². The van der Waals surface area contributed by atoms with Gasteiger partial charge in [-0.1, -0.05) is 0 Å². The molecule has 2 fully saturated rings. The van der Waals surface area contributed by atoms with Gasteiger partial charge in [-0.05, 0) is 47.0 Å². The SMILES string of the molecule is CCn1c(C(=O)NC(C)(C)C)nc2c(N[C@H]3CCN(C(=O)C4CC4)C3)ncnc21. The highest BCUT2D eigenvalue weighted by atomic mass is 16.2. The lowest BCUT2D eigenvalue weighted by atomic mass is 10.1. The molecule has 9 heteroatoms. The molecule has 29 heavy (non-hydrogen) atoms. The Kier molecular flexibility index (Phi) is 4.92. The van der Waals surface area contributed by atoms with E-state index in [2.05, 4.69) is 25.6 Å². The van der Waals surface area contributed by atoms with Gasteiger partial charge in [0.25, 0.3) is 5.91 Å². The first-order chi connectivity index (χ1) is 13.8. The van der Waals surface area contributed by atoms with Gasteiger partial charge >= 0.3 is 0 Å². The Morgan fingerprint density at radius 1 is 1.21 bits per heavy atom. The van der Waals surface area contributed by atoms with E-state index in [9.17, 15) is 9.59 Å². The third kappa shape index (κ3) is 4.04. The molecular weight excluding hydrogens is 370 g/mol. The van der Waals surface area contributed by atoms with E-state index in [0.717, 1.165) is 25.8 Å². The monoisotopic (exact) mass is 399 g/mol. The first kappa shape index (κ1) is 19.6. The van der Waals surface area contributed by atoms with Gasteiger partial charge in [-0.15, -0.1) is 0 Å². The molecule has 0 unspecified atom stereocenters. The van der Waals surface area contributed by atoms with Crippen LogP contribution in [0.25, 0.3) is 11.2 Å². The number of aromatic nitrogens is 4. The summed E-state index contributed by atoms with van der Waals surface area (Å²) < 4.78 is 1.81. The maximum absolute atomic E-state index is 12.7. The average molecular weight is 399 g/mol. The number of hydrogen-bond acceptors (Lipinski definition) is 6. The average Bonchev–Trinajstić information content (AvgIpc) is 3.27. The van der Waals surface area contributed by atoms with Crippen molar-refractivity contribution in [2.24, 2.45) is 5.92 Å². The van der Waals surface area contributed by atoms with Gasteiger partial charge < -0.3 is 20.1 Å². The minimum absolute atomic E-state index is 0.120. The van der Waals surface area contributed by atoms with Crippen LogP contribution in [0.15, 0.2) is 6.33 Å². The van der Waals surface area contributed by atoms with Crippen LogP contribution in [-0.4, -0.2) is 60.9 Å². The second kappa shape index (κ2) is 7.27. The summed E-state index contributed by atoms with van der Waals surface area (Å²) in [5, 5.41) is 6.39. The van der Waals surface area contributed by atoms with Gasteiger partial charge in [0, 0.05) is 37.1 Å². The van der Waals surface area contributed by atoms with Crippen molar-refractivity contribution in [2.75, 3.05) is 18.4 Å². The number of hydrogen-bond donors (Lipinski definition) is 2. The lowest BCUT2D eigenvalue weighted by Crippen LogP contribution is -2.41. The van der Waals surface area contributed by atoms with Crippen LogP contribution in [0.5, 0.6) is 0 Å². The molecule has 1 atom stereocenters. The Hall–Kier alpha value is -2.71. The van der Waals surface area contributed by atoms with E-state index in [0.29, 0.717) is 35.9 Å². The molecular formula is C20H29N7O2. The molecule has 156 valence electrons. The van der Waals surface area contributed by atoms with Crippen molar-refractivity contribution in [2.45, 2.75) is 65.1 Å². The number of likely N-dealkylation sites (tertiary alicyclic amines) is 1. The Bertz CT molecular complexity index is 942. The van der Waals surface area contributed by atoms with Gasteiger partial charge in [0.1, 0.15) is 6.33 Å². The largest absolute Gasteiger partial charge is 0.364 e. The summed E-state index contributed by atoms with van der Waals surface area (Å²) in [6.07, 6.45) is 4.41. The molecule has 2 aromatic heterocycles. The van der Waals surface area contributed by atoms with Crippen LogP contribution >= 0.6 is 0 Å². The van der Waals surface area contributed by atoms with Crippen LogP contribution in [0, 0.1) is 5.92 Å². The van der Waals surface area contributed by atoms with Gasteiger partial charge in [0.05, 0.1) is 0 Å². The normalized spacial score (nSPS) is 19.6. The third-order valence-corrected chi connectivity index (χ3v) is 5.31. The van der Waals surface area contributed by atoms with Crippen molar-refractivity contribution >= 4 is 28.8 Å². The molecule has 4 rings (SSSR count). The number of nitrogens with zero attached hydrogens (tertiary/aromatic N) is 5. The summed E-state index contributed by atoms with van der Waals surface area (Å²) in [6.45, 7) is 9.79. The van der Waals surface area contributed by atoms with Crippen LogP contribution in [0.3, 0.4) is 0 Å². The maximum atomic E-state index is 12.7. The number of fused-ring (bicyclic) bond motifs is 1. The van der Waals surface area contributed by atoms with Crippen LogP contribution in [0.4, 0.5) is 5.82 Å². The van der Waals surface area contributed by atoms with E-state index in [-0.39, 0.29) is 29.3 Å². The highest BCUT2D eigenvalue weighted by Crippen LogP contribution is 2.32. The molecule has 1 aliphatic carbocycles. The van der Waals surface area contributed by atoms with Crippen LogP contribution in [0.2, 0.25) is 0 Å². The Morgan fingerprint density at radius 2 is 1.97 bits per heavy atom. The molecule has 1 aliphatic heterocycles. The second-order valence-electron chi connectivity index (χ2n) is 8.97. The number of carbonyl (C=O) groups is 2. The fourth-order valence-corrected chi connectivity index (χ4v) is 3.77. The summed E-state index contributed by atoms with van der Waals surface area (Å²) in [5.74, 6) is 1.23. The van der Waals surface area contributed by atoms with Gasteiger partial charge in [-0.2, -0.15) is 0 Å². The highest BCUT2D eigenvalue weighted by molar-refractivity contribution is 5.96. The molecule has 2 N–H and O–H groups in total. The van der Waals surface area contributed by atoms with E-state index in [1.807, 2.05) is 32.6 Å². The molecule has 3 heterocycles. The van der Waals surface area contributed by atoms with Crippen molar-refractivity contribution in [3.05, 3.63) is 12.2 Å². The summed E-state index contributed by atoms with van der Waals surface area (Å²) in [4.78, 5) is 40.3. The molecule has 2 aromatic rings. The third-order valence-electron chi connectivity index (χ3n) is 5.31. The molecule has 1 saturated heterocycles. The zero-order valence-electron chi connectivity index (χ0n) is 17.5. The molecule has 9 nitrogen and oxygen atoms in total. The number of carbonyl (C=O) groups excluding carboxylic acids is 2. The minimum Gasteiger partial charge on any atom is -0.364 e. The van der Waals surface area contributed by atoms with Gasteiger partial charge in [0.15, 0.2) is 17.0 Å². The van der Waals surface area contributed by atoms with Crippen LogP contribution < -0.4 is 10.6 Å². The van der Waals surface area contributed by atoms with E-state index in [4.69, 9.17) is 0 Å². The molecule has 1 saturated carbocycles. The predicted octanol–water partition coefficient (Wildman–Crippen LogP) is 1.80. The summed E-state index contributed by atoms with van der Waals surface area (Å²) in [7, 11) is 0. The molecule has 0 radical (unpaired) electrons. The quantitative estimate of drug-likeness (QED) is 0.794. The second-order valence-corrected chi connectivity index (χ2v) is 8.97. The fraction of sp³-hybridized carbons (Fsp3) is 0.650. The van der Waals surface area contributed by atoms with Crippen LogP contribution in [0.1, 0.15) is 57.6 Å². The van der Waals surface area contributed by atoms with E-state index < -0.39 is 0 Å². The zero-order chi connectivity index (χ0) is 20.8. The maximum Gasteiger partial charge on any atom is 0.287 e.